The maximum absolute atomic E-state index is 10.8. The molecule has 3 rings (SSSR count). The number of nitro benzene ring substituents is 1. The van der Waals surface area contributed by atoms with Crippen molar-refractivity contribution in [3.8, 4) is 11.3 Å². The van der Waals surface area contributed by atoms with E-state index in [2.05, 4.69) is 26.5 Å². The molecule has 0 aliphatic carbocycles. The van der Waals surface area contributed by atoms with E-state index in [9.17, 15) is 10.1 Å². The number of nitrogens with zero attached hydrogens (tertiary/aromatic N) is 2. The first kappa shape index (κ1) is 18.2. The van der Waals surface area contributed by atoms with Gasteiger partial charge in [-0.05, 0) is 45.8 Å². The second-order valence-electron chi connectivity index (χ2n) is 5.31. The van der Waals surface area contributed by atoms with Crippen LogP contribution in [0, 0.1) is 10.1 Å². The van der Waals surface area contributed by atoms with E-state index >= 15 is 0 Å². The highest BCUT2D eigenvalue weighted by Crippen LogP contribution is 2.32. The van der Waals surface area contributed by atoms with Gasteiger partial charge in [-0.25, -0.2) is 0 Å². The Morgan fingerprint density at radius 3 is 2.77 bits per heavy atom. The molecule has 26 heavy (non-hydrogen) atoms. The van der Waals surface area contributed by atoms with Gasteiger partial charge in [-0.15, -0.1) is 0 Å². The van der Waals surface area contributed by atoms with Gasteiger partial charge in [0.2, 0.25) is 0 Å². The zero-order chi connectivity index (χ0) is 18.5. The van der Waals surface area contributed by atoms with E-state index in [1.807, 2.05) is 24.3 Å². The quantitative estimate of drug-likeness (QED) is 0.320. The van der Waals surface area contributed by atoms with Crippen LogP contribution in [0.25, 0.3) is 11.3 Å². The molecule has 0 atom stereocenters. The van der Waals surface area contributed by atoms with Crippen molar-refractivity contribution in [3.05, 3.63) is 85.5 Å². The van der Waals surface area contributed by atoms with Crippen molar-refractivity contribution < 1.29 is 9.34 Å². The van der Waals surface area contributed by atoms with Crippen LogP contribution in [0.15, 0.2) is 68.6 Å². The Morgan fingerprint density at radius 2 is 2.04 bits per heavy atom. The van der Waals surface area contributed by atoms with Gasteiger partial charge >= 0.3 is 0 Å². The molecule has 0 saturated carbocycles. The number of halogens is 2. The number of rotatable bonds is 6. The summed E-state index contributed by atoms with van der Waals surface area (Å²) >= 11 is 9.41. The molecule has 2 aromatic carbocycles. The van der Waals surface area contributed by atoms with Crippen molar-refractivity contribution in [2.75, 3.05) is 0 Å². The lowest BCUT2D eigenvalue weighted by Gasteiger charge is -2.02. The third-order valence-corrected chi connectivity index (χ3v) is 4.59. The van der Waals surface area contributed by atoms with Gasteiger partial charge in [0, 0.05) is 27.2 Å². The number of benzene rings is 2. The smallest absolute Gasteiger partial charge is 0.270 e. The van der Waals surface area contributed by atoms with E-state index in [0.29, 0.717) is 27.6 Å². The van der Waals surface area contributed by atoms with Gasteiger partial charge in [0.1, 0.15) is 11.5 Å². The van der Waals surface area contributed by atoms with Gasteiger partial charge in [-0.2, -0.15) is 5.10 Å². The van der Waals surface area contributed by atoms with Crippen LogP contribution in [-0.4, -0.2) is 11.1 Å². The molecule has 0 aliphatic heterocycles. The Hall–Kier alpha value is -2.64. The molecule has 132 valence electrons. The molecule has 0 amide bonds. The van der Waals surface area contributed by atoms with Crippen LogP contribution in [-0.2, 0) is 6.54 Å². The molecular formula is C18H13BrClN3O3. The topological polar surface area (TPSA) is 80.7 Å². The first-order chi connectivity index (χ1) is 12.5. The number of hydrogen-bond donors (Lipinski definition) is 1. The van der Waals surface area contributed by atoms with Gasteiger partial charge < -0.3 is 9.84 Å². The number of nitrogens with one attached hydrogen (secondary N) is 1. The van der Waals surface area contributed by atoms with Crippen molar-refractivity contribution >= 4 is 39.4 Å². The number of non-ortho nitro benzene ring substituents is 1. The summed E-state index contributed by atoms with van der Waals surface area (Å²) < 4.78 is 6.30. The third-order valence-electron chi connectivity index (χ3n) is 3.57. The molecule has 0 spiro atoms. The first-order valence-electron chi connectivity index (χ1n) is 7.58. The van der Waals surface area contributed by atoms with Crippen LogP contribution in [0.2, 0.25) is 5.02 Å². The Labute approximate surface area is 162 Å². The minimum Gasteiger partial charge on any atom is -0.455 e. The van der Waals surface area contributed by atoms with E-state index < -0.39 is 4.92 Å². The summed E-state index contributed by atoms with van der Waals surface area (Å²) in [6, 6.07) is 15.6. The summed E-state index contributed by atoms with van der Waals surface area (Å²) in [5.74, 6) is 1.14. The van der Waals surface area contributed by atoms with Crippen molar-refractivity contribution in [2.45, 2.75) is 6.54 Å². The molecule has 8 heteroatoms. The van der Waals surface area contributed by atoms with Gasteiger partial charge in [-0.3, -0.25) is 10.1 Å². The molecule has 0 aliphatic rings. The highest BCUT2D eigenvalue weighted by atomic mass is 79.9. The SMILES string of the molecule is O=[N+]([O-])c1ccc(-c2ccc(/C=N\NCc3ccccc3Cl)o2)c(Br)c1. The molecule has 0 unspecified atom stereocenters. The van der Waals surface area contributed by atoms with Gasteiger partial charge in [0.05, 0.1) is 17.7 Å². The fourth-order valence-electron chi connectivity index (χ4n) is 2.27. The molecule has 1 aromatic heterocycles. The van der Waals surface area contributed by atoms with Crippen molar-refractivity contribution in [1.82, 2.24) is 5.43 Å². The van der Waals surface area contributed by atoms with Crippen LogP contribution >= 0.6 is 27.5 Å². The minimum absolute atomic E-state index is 0.0118. The Morgan fingerprint density at radius 1 is 1.23 bits per heavy atom. The lowest BCUT2D eigenvalue weighted by atomic mass is 10.1. The van der Waals surface area contributed by atoms with E-state index in [-0.39, 0.29) is 5.69 Å². The highest BCUT2D eigenvalue weighted by molar-refractivity contribution is 9.10. The summed E-state index contributed by atoms with van der Waals surface area (Å²) in [5, 5.41) is 15.6. The summed E-state index contributed by atoms with van der Waals surface area (Å²) in [5.41, 5.74) is 4.59. The summed E-state index contributed by atoms with van der Waals surface area (Å²) in [6.07, 6.45) is 1.56. The Kier molecular flexibility index (Phi) is 5.70. The highest BCUT2D eigenvalue weighted by Gasteiger charge is 2.12. The molecular weight excluding hydrogens is 422 g/mol. The van der Waals surface area contributed by atoms with Crippen LogP contribution < -0.4 is 5.43 Å². The molecule has 6 nitrogen and oxygen atoms in total. The molecule has 0 saturated heterocycles. The summed E-state index contributed by atoms with van der Waals surface area (Å²) in [4.78, 5) is 10.4. The maximum atomic E-state index is 10.8. The van der Waals surface area contributed by atoms with Crippen molar-refractivity contribution in [1.29, 1.82) is 0 Å². The van der Waals surface area contributed by atoms with E-state index in [0.717, 1.165) is 11.1 Å². The number of nitro groups is 1. The molecule has 1 N–H and O–H groups in total. The minimum atomic E-state index is -0.445. The predicted molar refractivity (Wildman–Crippen MR) is 104 cm³/mol. The molecule has 1 heterocycles. The second-order valence-corrected chi connectivity index (χ2v) is 6.57. The zero-order valence-corrected chi connectivity index (χ0v) is 15.7. The van der Waals surface area contributed by atoms with Crippen LogP contribution in [0.4, 0.5) is 5.69 Å². The summed E-state index contributed by atoms with van der Waals surface area (Å²) in [7, 11) is 0. The lowest BCUT2D eigenvalue weighted by Crippen LogP contribution is -2.05. The maximum Gasteiger partial charge on any atom is 0.270 e. The molecule has 0 fully saturated rings. The molecule has 0 radical (unpaired) electrons. The molecule has 0 bridgehead atoms. The summed E-state index contributed by atoms with van der Waals surface area (Å²) in [6.45, 7) is 0.498. The first-order valence-corrected chi connectivity index (χ1v) is 8.75. The van der Waals surface area contributed by atoms with E-state index in [1.54, 1.807) is 24.4 Å². The normalized spacial score (nSPS) is 11.0. The standard InChI is InChI=1S/C18H13BrClN3O3/c19-16-9-13(23(24)25)5-7-15(16)18-8-6-14(26-18)11-22-21-10-12-3-1-2-4-17(12)20/h1-9,11,21H,10H2/b22-11-. The fraction of sp³-hybridized carbons (Fsp3) is 0.0556. The van der Waals surface area contributed by atoms with Gasteiger partial charge in [0.25, 0.3) is 5.69 Å². The average molecular weight is 435 g/mol. The van der Waals surface area contributed by atoms with Crippen LogP contribution in [0.3, 0.4) is 0 Å². The van der Waals surface area contributed by atoms with E-state index in [4.69, 9.17) is 16.0 Å². The molecule has 3 aromatic rings. The van der Waals surface area contributed by atoms with Gasteiger partial charge in [-0.1, -0.05) is 29.8 Å². The largest absolute Gasteiger partial charge is 0.455 e. The third kappa shape index (κ3) is 4.30. The van der Waals surface area contributed by atoms with Gasteiger partial charge in [0.15, 0.2) is 0 Å². The monoisotopic (exact) mass is 433 g/mol. The zero-order valence-electron chi connectivity index (χ0n) is 13.4. The number of hydrazone groups is 1. The Balaban J connectivity index is 1.66. The lowest BCUT2D eigenvalue weighted by molar-refractivity contribution is -0.384. The Bertz CT molecular complexity index is 972. The van der Waals surface area contributed by atoms with Crippen LogP contribution in [0.5, 0.6) is 0 Å². The van der Waals surface area contributed by atoms with E-state index in [1.165, 1.54) is 12.1 Å². The predicted octanol–water partition coefficient (Wildman–Crippen LogP) is 5.39. The average Bonchev–Trinajstić information content (AvgIpc) is 3.08. The van der Waals surface area contributed by atoms with Crippen molar-refractivity contribution in [2.24, 2.45) is 5.10 Å². The van der Waals surface area contributed by atoms with Crippen molar-refractivity contribution in [3.63, 3.8) is 0 Å². The second kappa shape index (κ2) is 8.16. The number of furan rings is 1. The van der Waals surface area contributed by atoms with Crippen LogP contribution in [0.1, 0.15) is 11.3 Å². The number of hydrogen-bond acceptors (Lipinski definition) is 5. The fourth-order valence-corrected chi connectivity index (χ4v) is 3.03.